The van der Waals surface area contributed by atoms with Crippen molar-refractivity contribution in [1.29, 1.82) is 0 Å². The topological polar surface area (TPSA) is 55.8 Å². The van der Waals surface area contributed by atoms with Crippen LogP contribution in [0.1, 0.15) is 47.3 Å². The molecule has 0 heterocycles. The van der Waals surface area contributed by atoms with Crippen molar-refractivity contribution in [2.45, 2.75) is 32.9 Å². The molecule has 2 aromatic rings. The first-order chi connectivity index (χ1) is 15.0. The second kappa shape index (κ2) is 10.8. The molecule has 2 rings (SSSR count). The fourth-order valence-electron chi connectivity index (χ4n) is 2.82. The minimum atomic E-state index is -4.40. The van der Waals surface area contributed by atoms with E-state index in [9.17, 15) is 27.5 Å². The van der Waals surface area contributed by atoms with Crippen molar-refractivity contribution >= 4 is 18.1 Å². The molecule has 0 radical (unpaired) electrons. The average molecular weight is 452 g/mol. The molecule has 0 spiro atoms. The Kier molecular flexibility index (Phi) is 8.46. The lowest BCUT2D eigenvalue weighted by Crippen LogP contribution is -2.14. The van der Waals surface area contributed by atoms with Gasteiger partial charge in [0, 0.05) is 5.56 Å². The molecule has 0 saturated heterocycles. The number of allylic oxidation sites excluding steroid dienone is 2. The van der Waals surface area contributed by atoms with E-state index in [2.05, 4.69) is 0 Å². The second-order valence-corrected chi connectivity index (χ2v) is 7.24. The molecule has 0 saturated carbocycles. The van der Waals surface area contributed by atoms with Gasteiger partial charge in [-0.3, -0.25) is 0 Å². The van der Waals surface area contributed by atoms with Crippen molar-refractivity contribution in [3.8, 4) is 11.5 Å². The molecule has 0 aliphatic carbocycles. The van der Waals surface area contributed by atoms with E-state index < -0.39 is 36.7 Å². The number of phenolic OH excluding ortho intramolecular Hbond substituents is 1. The predicted octanol–water partition coefficient (Wildman–Crippen LogP) is 6.33. The normalized spacial score (nSPS) is 11.5. The summed E-state index contributed by atoms with van der Waals surface area (Å²) in [5, 5.41) is 10.8. The number of halogens is 4. The van der Waals surface area contributed by atoms with E-state index >= 15 is 0 Å². The molecule has 0 aliphatic heterocycles. The first kappa shape index (κ1) is 25.0. The number of ether oxygens (including phenoxy) is 2. The van der Waals surface area contributed by atoms with Gasteiger partial charge >= 0.3 is 12.1 Å². The van der Waals surface area contributed by atoms with Crippen LogP contribution in [0.3, 0.4) is 0 Å². The van der Waals surface area contributed by atoms with Gasteiger partial charge in [0.1, 0.15) is 22.9 Å². The summed E-state index contributed by atoms with van der Waals surface area (Å²) < 4.78 is 61.0. The van der Waals surface area contributed by atoms with Crippen LogP contribution in [0.4, 0.5) is 17.6 Å². The average Bonchev–Trinajstić information content (AvgIpc) is 2.71. The second-order valence-electron chi connectivity index (χ2n) is 7.24. The van der Waals surface area contributed by atoms with Crippen LogP contribution in [-0.4, -0.2) is 31.0 Å². The summed E-state index contributed by atoms with van der Waals surface area (Å²) in [6.07, 6.45) is -0.645. The Morgan fingerprint density at radius 2 is 1.78 bits per heavy atom. The number of aromatic hydroxyl groups is 1. The summed E-state index contributed by atoms with van der Waals surface area (Å²) in [6, 6.07) is 6.91. The number of hydrogen-bond acceptors (Lipinski definition) is 4. The fourth-order valence-corrected chi connectivity index (χ4v) is 2.82. The molecule has 0 bridgehead atoms. The first-order valence-electron chi connectivity index (χ1n) is 9.75. The van der Waals surface area contributed by atoms with Gasteiger partial charge in [-0.25, -0.2) is 9.18 Å². The number of phenols is 1. The summed E-state index contributed by atoms with van der Waals surface area (Å²) in [5.74, 6) is -1.64. The van der Waals surface area contributed by atoms with Crippen LogP contribution in [0.25, 0.3) is 12.2 Å². The zero-order chi connectivity index (χ0) is 23.9. The summed E-state index contributed by atoms with van der Waals surface area (Å²) in [7, 11) is 1.15. The number of alkyl halides is 3. The largest absolute Gasteiger partial charge is 0.507 e. The molecule has 0 atom stereocenters. The summed E-state index contributed by atoms with van der Waals surface area (Å²) in [6.45, 7) is 2.99. The van der Waals surface area contributed by atoms with E-state index in [0.29, 0.717) is 5.56 Å². The maximum absolute atomic E-state index is 13.1. The van der Waals surface area contributed by atoms with Gasteiger partial charge in [0.05, 0.1) is 20.1 Å². The summed E-state index contributed by atoms with van der Waals surface area (Å²) in [5.41, 5.74) is 1.72. The lowest BCUT2D eigenvalue weighted by atomic mass is 9.97. The Hall–Kier alpha value is -3.29. The SMILES string of the molecule is COC(=O)c1c(/C=C/c2ccc(F)cc2)cc(OCCC(F)(F)F)c(CC=C(C)C)c1O. The van der Waals surface area contributed by atoms with Crippen LogP contribution in [-0.2, 0) is 11.2 Å². The maximum atomic E-state index is 13.1. The third kappa shape index (κ3) is 7.14. The molecule has 32 heavy (non-hydrogen) atoms. The van der Waals surface area contributed by atoms with Crippen molar-refractivity contribution in [1.82, 2.24) is 0 Å². The number of benzene rings is 2. The first-order valence-corrected chi connectivity index (χ1v) is 9.75. The van der Waals surface area contributed by atoms with Gasteiger partial charge in [-0.05, 0) is 49.6 Å². The molecule has 1 N–H and O–H groups in total. The molecular formula is C24H24F4O4. The highest BCUT2D eigenvalue weighted by Crippen LogP contribution is 2.37. The van der Waals surface area contributed by atoms with E-state index in [1.807, 2.05) is 13.8 Å². The molecule has 0 fully saturated rings. The Morgan fingerprint density at radius 1 is 1.12 bits per heavy atom. The van der Waals surface area contributed by atoms with E-state index in [1.54, 1.807) is 12.2 Å². The molecule has 0 aromatic heterocycles. The Morgan fingerprint density at radius 3 is 2.34 bits per heavy atom. The van der Waals surface area contributed by atoms with Crippen LogP contribution in [0.5, 0.6) is 11.5 Å². The van der Waals surface area contributed by atoms with E-state index in [0.717, 1.165) is 12.7 Å². The highest BCUT2D eigenvalue weighted by atomic mass is 19.4. The number of methoxy groups -OCH3 is 1. The van der Waals surface area contributed by atoms with Gasteiger partial charge < -0.3 is 14.6 Å². The van der Waals surface area contributed by atoms with Gasteiger partial charge in [0.15, 0.2) is 0 Å². The smallest absolute Gasteiger partial charge is 0.392 e. The van der Waals surface area contributed by atoms with Gasteiger partial charge in [0.2, 0.25) is 0 Å². The lowest BCUT2D eigenvalue weighted by Gasteiger charge is -2.17. The highest BCUT2D eigenvalue weighted by molar-refractivity contribution is 5.98. The fraction of sp³-hybridized carbons (Fsp3) is 0.292. The Labute approximate surface area is 183 Å². The quantitative estimate of drug-likeness (QED) is 0.220. The molecule has 4 nitrogen and oxygen atoms in total. The van der Waals surface area contributed by atoms with Crippen LogP contribution in [0, 0.1) is 5.82 Å². The van der Waals surface area contributed by atoms with E-state index in [-0.39, 0.29) is 28.9 Å². The van der Waals surface area contributed by atoms with Gasteiger partial charge in [-0.2, -0.15) is 13.2 Å². The molecule has 0 amide bonds. The van der Waals surface area contributed by atoms with Crippen molar-refractivity contribution < 1.29 is 36.9 Å². The van der Waals surface area contributed by atoms with Crippen molar-refractivity contribution in [3.63, 3.8) is 0 Å². The molecule has 8 heteroatoms. The molecular weight excluding hydrogens is 428 g/mol. The zero-order valence-electron chi connectivity index (χ0n) is 17.9. The standard InChI is InChI=1S/C24H24F4O4/c1-15(2)4-11-19-20(32-13-12-24(26,27)28)14-17(21(22(19)29)23(30)31-3)8-5-16-6-9-18(25)10-7-16/h4-10,14,29H,11-13H2,1-3H3/b8-5+. The van der Waals surface area contributed by atoms with Crippen molar-refractivity contribution in [2.75, 3.05) is 13.7 Å². The van der Waals surface area contributed by atoms with E-state index in [1.165, 1.54) is 36.4 Å². The minimum Gasteiger partial charge on any atom is -0.507 e. The molecule has 0 aliphatic rings. The monoisotopic (exact) mass is 452 g/mol. The van der Waals surface area contributed by atoms with Gasteiger partial charge in [-0.15, -0.1) is 0 Å². The highest BCUT2D eigenvalue weighted by Gasteiger charge is 2.28. The lowest BCUT2D eigenvalue weighted by molar-refractivity contribution is -0.139. The van der Waals surface area contributed by atoms with E-state index in [4.69, 9.17) is 9.47 Å². The molecule has 172 valence electrons. The number of carbonyl (C=O) groups excluding carboxylic acids is 1. The number of hydrogen-bond donors (Lipinski definition) is 1. The Bertz CT molecular complexity index is 1000. The van der Waals surface area contributed by atoms with Gasteiger partial charge in [0.25, 0.3) is 0 Å². The van der Waals surface area contributed by atoms with Gasteiger partial charge in [-0.1, -0.05) is 35.9 Å². The molecule has 2 aromatic carbocycles. The third-order valence-corrected chi connectivity index (χ3v) is 4.47. The zero-order valence-corrected chi connectivity index (χ0v) is 17.9. The van der Waals surface area contributed by atoms with Crippen LogP contribution in [0.15, 0.2) is 42.0 Å². The minimum absolute atomic E-state index is 0.0238. The Balaban J connectivity index is 2.56. The molecule has 0 unspecified atom stereocenters. The summed E-state index contributed by atoms with van der Waals surface area (Å²) >= 11 is 0. The maximum Gasteiger partial charge on any atom is 0.392 e. The van der Waals surface area contributed by atoms with Crippen molar-refractivity contribution in [3.05, 3.63) is 70.1 Å². The van der Waals surface area contributed by atoms with Crippen LogP contribution < -0.4 is 4.74 Å². The van der Waals surface area contributed by atoms with Crippen molar-refractivity contribution in [2.24, 2.45) is 0 Å². The third-order valence-electron chi connectivity index (χ3n) is 4.47. The number of esters is 1. The number of carbonyl (C=O) groups is 1. The summed E-state index contributed by atoms with van der Waals surface area (Å²) in [4.78, 5) is 12.4. The predicted molar refractivity (Wildman–Crippen MR) is 114 cm³/mol. The van der Waals surface area contributed by atoms with Crippen LogP contribution in [0.2, 0.25) is 0 Å². The number of rotatable bonds is 8. The van der Waals surface area contributed by atoms with Crippen LogP contribution >= 0.6 is 0 Å².